The number of carbonyl (C=O) groups is 1. The highest BCUT2D eigenvalue weighted by molar-refractivity contribution is 5.78. The molecule has 94 valence electrons. The van der Waals surface area contributed by atoms with Gasteiger partial charge in [-0.25, -0.2) is 0 Å². The largest absolute Gasteiger partial charge is 0.355 e. The van der Waals surface area contributed by atoms with E-state index in [-0.39, 0.29) is 11.8 Å². The summed E-state index contributed by atoms with van der Waals surface area (Å²) < 4.78 is 0. The van der Waals surface area contributed by atoms with E-state index in [0.29, 0.717) is 6.54 Å². The van der Waals surface area contributed by atoms with Crippen molar-refractivity contribution in [3.05, 3.63) is 0 Å². The predicted octanol–water partition coefficient (Wildman–Crippen LogP) is 0.429. The van der Waals surface area contributed by atoms with Gasteiger partial charge in [0.05, 0.1) is 0 Å². The maximum atomic E-state index is 11.5. The monoisotopic (exact) mass is 227 g/mol. The van der Waals surface area contributed by atoms with Crippen LogP contribution < -0.4 is 11.1 Å². The second-order valence-corrected chi connectivity index (χ2v) is 4.98. The molecule has 3 N–H and O–H groups in total. The molecule has 1 amide bonds. The van der Waals surface area contributed by atoms with E-state index in [4.69, 9.17) is 5.73 Å². The van der Waals surface area contributed by atoms with Gasteiger partial charge in [-0.05, 0) is 25.3 Å². The number of hydrogen-bond acceptors (Lipinski definition) is 3. The summed E-state index contributed by atoms with van der Waals surface area (Å²) >= 11 is 0. The lowest BCUT2D eigenvalue weighted by molar-refractivity contribution is -0.124. The molecule has 1 saturated heterocycles. The average Bonchev–Trinajstić information content (AvgIpc) is 2.28. The number of amides is 1. The van der Waals surface area contributed by atoms with Gasteiger partial charge in [-0.1, -0.05) is 13.8 Å². The van der Waals surface area contributed by atoms with Crippen molar-refractivity contribution in [2.45, 2.75) is 26.7 Å². The summed E-state index contributed by atoms with van der Waals surface area (Å²) in [6.45, 7) is 8.63. The Bertz CT molecular complexity index is 220. The number of nitrogens with zero attached hydrogens (tertiary/aromatic N) is 1. The molecular weight excluding hydrogens is 202 g/mol. The minimum atomic E-state index is -0.0692. The number of carbonyl (C=O) groups excluding carboxylic acids is 1. The Balaban J connectivity index is 2.12. The van der Waals surface area contributed by atoms with Crippen LogP contribution in [-0.4, -0.2) is 43.5 Å². The van der Waals surface area contributed by atoms with Crippen LogP contribution in [0.4, 0.5) is 0 Å². The SMILES string of the molecule is CC1CCCN(CCNC(=O)C(C)CN)C1. The third kappa shape index (κ3) is 4.49. The Hall–Kier alpha value is -0.610. The van der Waals surface area contributed by atoms with Crippen LogP contribution >= 0.6 is 0 Å². The zero-order valence-electron chi connectivity index (χ0n) is 10.5. The van der Waals surface area contributed by atoms with Crippen LogP contribution in [0.25, 0.3) is 0 Å². The van der Waals surface area contributed by atoms with E-state index >= 15 is 0 Å². The molecule has 0 bridgehead atoms. The predicted molar refractivity (Wildman–Crippen MR) is 66.1 cm³/mol. The molecule has 0 radical (unpaired) electrons. The lowest BCUT2D eigenvalue weighted by atomic mass is 10.0. The van der Waals surface area contributed by atoms with Crippen LogP contribution in [0.15, 0.2) is 0 Å². The Morgan fingerprint density at radius 1 is 1.62 bits per heavy atom. The quantitative estimate of drug-likeness (QED) is 0.716. The fourth-order valence-electron chi connectivity index (χ4n) is 2.11. The van der Waals surface area contributed by atoms with Gasteiger partial charge in [0.15, 0.2) is 0 Å². The molecule has 0 saturated carbocycles. The molecule has 4 nitrogen and oxygen atoms in total. The summed E-state index contributed by atoms with van der Waals surface area (Å²) in [6, 6.07) is 0. The first kappa shape index (κ1) is 13.5. The van der Waals surface area contributed by atoms with Crippen LogP contribution in [0.5, 0.6) is 0 Å². The molecule has 0 aromatic carbocycles. The fourth-order valence-corrected chi connectivity index (χ4v) is 2.11. The normalized spacial score (nSPS) is 24.1. The summed E-state index contributed by atoms with van der Waals surface area (Å²) in [5.41, 5.74) is 5.43. The van der Waals surface area contributed by atoms with Gasteiger partial charge in [-0.3, -0.25) is 4.79 Å². The Morgan fingerprint density at radius 3 is 3.00 bits per heavy atom. The topological polar surface area (TPSA) is 58.4 Å². The smallest absolute Gasteiger partial charge is 0.224 e. The second-order valence-electron chi connectivity index (χ2n) is 4.98. The second kappa shape index (κ2) is 6.86. The Kier molecular flexibility index (Phi) is 5.77. The van der Waals surface area contributed by atoms with E-state index in [1.54, 1.807) is 0 Å². The van der Waals surface area contributed by atoms with Gasteiger partial charge in [0, 0.05) is 32.1 Å². The average molecular weight is 227 g/mol. The van der Waals surface area contributed by atoms with Crippen LogP contribution in [0.3, 0.4) is 0 Å². The lowest BCUT2D eigenvalue weighted by Crippen LogP contribution is -2.42. The summed E-state index contributed by atoms with van der Waals surface area (Å²) in [7, 11) is 0. The number of hydrogen-bond donors (Lipinski definition) is 2. The van der Waals surface area contributed by atoms with Crippen molar-refractivity contribution in [3.63, 3.8) is 0 Å². The number of nitrogens with two attached hydrogens (primary N) is 1. The zero-order chi connectivity index (χ0) is 12.0. The third-order valence-electron chi connectivity index (χ3n) is 3.27. The minimum absolute atomic E-state index is 0.0692. The van der Waals surface area contributed by atoms with Crippen molar-refractivity contribution < 1.29 is 4.79 Å². The summed E-state index contributed by atoms with van der Waals surface area (Å²) in [5.74, 6) is 0.806. The highest BCUT2D eigenvalue weighted by Gasteiger charge is 2.16. The first-order valence-electron chi connectivity index (χ1n) is 6.33. The van der Waals surface area contributed by atoms with Gasteiger partial charge < -0.3 is 16.0 Å². The summed E-state index contributed by atoms with van der Waals surface area (Å²) in [6.07, 6.45) is 2.63. The molecule has 2 unspecified atom stereocenters. The number of likely N-dealkylation sites (tertiary alicyclic amines) is 1. The highest BCUT2D eigenvalue weighted by Crippen LogP contribution is 2.14. The zero-order valence-corrected chi connectivity index (χ0v) is 10.5. The first-order chi connectivity index (χ1) is 7.63. The molecular formula is C12H25N3O. The molecule has 1 aliphatic heterocycles. The van der Waals surface area contributed by atoms with Crippen molar-refractivity contribution in [1.29, 1.82) is 0 Å². The molecule has 0 spiro atoms. The molecule has 0 aliphatic carbocycles. The van der Waals surface area contributed by atoms with Gasteiger partial charge in [-0.15, -0.1) is 0 Å². The van der Waals surface area contributed by atoms with Crippen LogP contribution in [0.2, 0.25) is 0 Å². The third-order valence-corrected chi connectivity index (χ3v) is 3.27. The van der Waals surface area contributed by atoms with Crippen LogP contribution in [-0.2, 0) is 4.79 Å². The molecule has 2 atom stereocenters. The first-order valence-corrected chi connectivity index (χ1v) is 6.33. The molecule has 16 heavy (non-hydrogen) atoms. The minimum Gasteiger partial charge on any atom is -0.355 e. The Morgan fingerprint density at radius 2 is 2.38 bits per heavy atom. The molecule has 1 rings (SSSR count). The summed E-state index contributed by atoms with van der Waals surface area (Å²) in [4.78, 5) is 13.9. The van der Waals surface area contributed by atoms with Crippen molar-refractivity contribution in [2.24, 2.45) is 17.6 Å². The van der Waals surface area contributed by atoms with E-state index in [9.17, 15) is 4.79 Å². The standard InChI is InChI=1S/C12H25N3O/c1-10-4-3-6-15(9-10)7-5-14-12(16)11(2)8-13/h10-11H,3-9,13H2,1-2H3,(H,14,16). The van der Waals surface area contributed by atoms with Gasteiger partial charge in [0.1, 0.15) is 0 Å². The van der Waals surface area contributed by atoms with Gasteiger partial charge >= 0.3 is 0 Å². The maximum Gasteiger partial charge on any atom is 0.224 e. The highest BCUT2D eigenvalue weighted by atomic mass is 16.1. The fraction of sp³-hybridized carbons (Fsp3) is 0.917. The summed E-state index contributed by atoms with van der Waals surface area (Å²) in [5, 5.41) is 2.93. The Labute approximate surface area is 98.6 Å². The van der Waals surface area contributed by atoms with Crippen molar-refractivity contribution in [3.8, 4) is 0 Å². The van der Waals surface area contributed by atoms with Crippen molar-refractivity contribution in [2.75, 3.05) is 32.7 Å². The molecule has 1 aliphatic rings. The van der Waals surface area contributed by atoms with Gasteiger partial charge in [0.25, 0.3) is 0 Å². The number of piperidine rings is 1. The number of rotatable bonds is 5. The van der Waals surface area contributed by atoms with E-state index < -0.39 is 0 Å². The molecule has 0 aromatic rings. The maximum absolute atomic E-state index is 11.5. The van der Waals surface area contributed by atoms with E-state index in [1.165, 1.54) is 25.9 Å². The van der Waals surface area contributed by atoms with E-state index in [1.807, 2.05) is 6.92 Å². The lowest BCUT2D eigenvalue weighted by Gasteiger charge is -2.30. The molecule has 4 heteroatoms. The number of nitrogens with one attached hydrogen (secondary N) is 1. The van der Waals surface area contributed by atoms with Crippen LogP contribution in [0.1, 0.15) is 26.7 Å². The van der Waals surface area contributed by atoms with Gasteiger partial charge in [0.2, 0.25) is 5.91 Å². The van der Waals surface area contributed by atoms with Crippen molar-refractivity contribution in [1.82, 2.24) is 10.2 Å². The van der Waals surface area contributed by atoms with Crippen molar-refractivity contribution >= 4 is 5.91 Å². The molecule has 1 fully saturated rings. The van der Waals surface area contributed by atoms with E-state index in [0.717, 1.165) is 19.0 Å². The van der Waals surface area contributed by atoms with Gasteiger partial charge in [-0.2, -0.15) is 0 Å². The molecule has 1 heterocycles. The van der Waals surface area contributed by atoms with Crippen LogP contribution in [0, 0.1) is 11.8 Å². The molecule has 0 aromatic heterocycles. The van der Waals surface area contributed by atoms with E-state index in [2.05, 4.69) is 17.1 Å².